The molecule has 0 aliphatic carbocycles. The van der Waals surface area contributed by atoms with Gasteiger partial charge < -0.3 is 14.7 Å². The fourth-order valence-electron chi connectivity index (χ4n) is 3.11. The number of aromatic amines is 2. The zero-order valence-electron chi connectivity index (χ0n) is 16.3. The van der Waals surface area contributed by atoms with Crippen molar-refractivity contribution in [2.75, 3.05) is 12.4 Å². The Morgan fingerprint density at radius 3 is 2.86 bits per heavy atom. The number of benzene rings is 1. The van der Waals surface area contributed by atoms with Crippen LogP contribution in [0.15, 0.2) is 28.2 Å². The highest BCUT2D eigenvalue weighted by Gasteiger charge is 2.20. The fraction of sp³-hybridized carbons (Fsp3) is 0.300. The van der Waals surface area contributed by atoms with E-state index in [4.69, 9.17) is 4.74 Å². The van der Waals surface area contributed by atoms with E-state index in [0.717, 1.165) is 16.2 Å². The van der Waals surface area contributed by atoms with Gasteiger partial charge in [-0.1, -0.05) is 17.8 Å². The molecule has 9 heteroatoms. The van der Waals surface area contributed by atoms with Gasteiger partial charge in [-0.25, -0.2) is 14.8 Å². The Kier molecular flexibility index (Phi) is 5.42. The van der Waals surface area contributed by atoms with E-state index in [-0.39, 0.29) is 5.56 Å². The van der Waals surface area contributed by atoms with Crippen LogP contribution in [-0.2, 0) is 11.2 Å². The van der Waals surface area contributed by atoms with Crippen LogP contribution >= 0.6 is 23.1 Å². The number of carbonyl (C=O) groups excluding carboxylic acids is 1. The molecule has 0 atom stereocenters. The number of ether oxygens (including phenoxy) is 1. The minimum absolute atomic E-state index is 0.224. The summed E-state index contributed by atoms with van der Waals surface area (Å²) in [6.07, 6.45) is 0.581. The van der Waals surface area contributed by atoms with Crippen molar-refractivity contribution in [1.82, 2.24) is 19.9 Å². The molecule has 1 aromatic carbocycles. The molecule has 3 aromatic heterocycles. The Morgan fingerprint density at radius 2 is 2.07 bits per heavy atom. The van der Waals surface area contributed by atoms with Crippen LogP contribution in [0.1, 0.15) is 33.5 Å². The van der Waals surface area contributed by atoms with Crippen molar-refractivity contribution >= 4 is 50.3 Å². The highest BCUT2D eigenvalue weighted by molar-refractivity contribution is 7.99. The number of aromatic nitrogens is 4. The van der Waals surface area contributed by atoms with Crippen LogP contribution in [0.4, 0.5) is 0 Å². The molecule has 0 spiro atoms. The number of nitrogens with zero attached hydrogens (tertiary/aromatic N) is 2. The molecule has 29 heavy (non-hydrogen) atoms. The van der Waals surface area contributed by atoms with Crippen molar-refractivity contribution in [2.45, 2.75) is 32.3 Å². The summed E-state index contributed by atoms with van der Waals surface area (Å²) in [5.74, 6) is 0.894. The van der Waals surface area contributed by atoms with E-state index in [9.17, 15) is 9.59 Å². The lowest BCUT2D eigenvalue weighted by Gasteiger charge is -2.00. The third-order valence-corrected chi connectivity index (χ3v) is 6.54. The SMILES string of the molecule is CCOC(=O)c1sc2nc(CCSc3nc4ccc(C)cc4[nH]3)[nH]c(=O)c2c1C. The maximum absolute atomic E-state index is 12.5. The topological polar surface area (TPSA) is 101 Å². The van der Waals surface area contributed by atoms with Crippen molar-refractivity contribution in [3.05, 3.63) is 50.4 Å². The van der Waals surface area contributed by atoms with Gasteiger partial charge in [0, 0.05) is 12.2 Å². The van der Waals surface area contributed by atoms with E-state index < -0.39 is 5.97 Å². The zero-order chi connectivity index (χ0) is 20.5. The molecule has 0 unspecified atom stereocenters. The molecule has 0 saturated heterocycles. The summed E-state index contributed by atoms with van der Waals surface area (Å²) >= 11 is 2.78. The number of thioether (sulfide) groups is 1. The molecule has 0 aliphatic rings. The molecule has 2 N–H and O–H groups in total. The monoisotopic (exact) mass is 428 g/mol. The fourth-order valence-corrected chi connectivity index (χ4v) is 5.04. The Hall–Kier alpha value is -2.65. The van der Waals surface area contributed by atoms with Crippen LogP contribution in [0, 0.1) is 13.8 Å². The van der Waals surface area contributed by atoms with Crippen molar-refractivity contribution in [1.29, 1.82) is 0 Å². The molecule has 150 valence electrons. The molecular weight excluding hydrogens is 408 g/mol. The highest BCUT2D eigenvalue weighted by Crippen LogP contribution is 2.28. The molecule has 4 rings (SSSR count). The van der Waals surface area contributed by atoms with Gasteiger partial charge in [-0.15, -0.1) is 11.3 Å². The molecule has 0 saturated carbocycles. The molecular formula is C20H20N4O3S2. The molecule has 0 radical (unpaired) electrons. The lowest BCUT2D eigenvalue weighted by atomic mass is 10.2. The number of carbonyl (C=O) groups is 1. The molecule has 0 aliphatic heterocycles. The third-order valence-electron chi connectivity index (χ3n) is 4.50. The molecule has 7 nitrogen and oxygen atoms in total. The minimum atomic E-state index is -0.412. The number of imidazole rings is 1. The molecule has 0 fully saturated rings. The molecule has 0 bridgehead atoms. The Morgan fingerprint density at radius 1 is 1.24 bits per heavy atom. The minimum Gasteiger partial charge on any atom is -0.462 e. The summed E-state index contributed by atoms with van der Waals surface area (Å²) in [6, 6.07) is 6.10. The summed E-state index contributed by atoms with van der Waals surface area (Å²) in [4.78, 5) is 40.9. The van der Waals surface area contributed by atoms with Crippen molar-refractivity contribution < 1.29 is 9.53 Å². The van der Waals surface area contributed by atoms with Gasteiger partial charge in [-0.2, -0.15) is 0 Å². The first kappa shape index (κ1) is 19.7. The summed E-state index contributed by atoms with van der Waals surface area (Å²) in [5.41, 5.74) is 3.53. The molecule has 4 aromatic rings. The first-order valence-corrected chi connectivity index (χ1v) is 11.0. The van der Waals surface area contributed by atoms with E-state index >= 15 is 0 Å². The van der Waals surface area contributed by atoms with Gasteiger partial charge in [0.15, 0.2) is 5.16 Å². The van der Waals surface area contributed by atoms with Crippen LogP contribution in [0.5, 0.6) is 0 Å². The summed E-state index contributed by atoms with van der Waals surface area (Å²) in [7, 11) is 0. The normalized spacial score (nSPS) is 11.4. The average molecular weight is 429 g/mol. The van der Waals surface area contributed by atoms with E-state index in [1.54, 1.807) is 25.6 Å². The predicted molar refractivity (Wildman–Crippen MR) is 116 cm³/mol. The summed E-state index contributed by atoms with van der Waals surface area (Å²) in [6.45, 7) is 5.84. The molecule has 3 heterocycles. The number of thiophene rings is 1. The first-order valence-electron chi connectivity index (χ1n) is 9.25. The van der Waals surface area contributed by atoms with Gasteiger partial charge in [-0.05, 0) is 44.0 Å². The smallest absolute Gasteiger partial charge is 0.348 e. The quantitative estimate of drug-likeness (QED) is 0.356. The van der Waals surface area contributed by atoms with E-state index in [0.29, 0.717) is 45.3 Å². The maximum Gasteiger partial charge on any atom is 0.348 e. The highest BCUT2D eigenvalue weighted by atomic mass is 32.2. The van der Waals surface area contributed by atoms with Crippen LogP contribution in [0.25, 0.3) is 21.3 Å². The van der Waals surface area contributed by atoms with Crippen LogP contribution in [0.2, 0.25) is 0 Å². The molecule has 0 amide bonds. The number of H-pyrrole nitrogens is 2. The van der Waals surface area contributed by atoms with Gasteiger partial charge in [0.05, 0.1) is 23.0 Å². The van der Waals surface area contributed by atoms with Crippen molar-refractivity contribution in [3.8, 4) is 0 Å². The van der Waals surface area contributed by atoms with Crippen LogP contribution in [-0.4, -0.2) is 38.3 Å². The van der Waals surface area contributed by atoms with E-state index in [2.05, 4.69) is 26.0 Å². The Balaban J connectivity index is 1.51. The second-order valence-electron chi connectivity index (χ2n) is 6.63. The van der Waals surface area contributed by atoms with Gasteiger partial charge in [0.25, 0.3) is 5.56 Å². The first-order chi connectivity index (χ1) is 14.0. The van der Waals surface area contributed by atoms with Crippen LogP contribution in [0.3, 0.4) is 0 Å². The number of hydrogen-bond acceptors (Lipinski definition) is 7. The van der Waals surface area contributed by atoms with Gasteiger partial charge in [0.1, 0.15) is 15.5 Å². The van der Waals surface area contributed by atoms with E-state index in [1.165, 1.54) is 16.9 Å². The number of fused-ring (bicyclic) bond motifs is 2. The number of nitrogens with one attached hydrogen (secondary N) is 2. The predicted octanol–water partition coefficient (Wildman–Crippen LogP) is 3.99. The summed E-state index contributed by atoms with van der Waals surface area (Å²) in [5, 5.41) is 1.30. The Bertz CT molecular complexity index is 1270. The lowest BCUT2D eigenvalue weighted by Crippen LogP contribution is -2.12. The van der Waals surface area contributed by atoms with Crippen LogP contribution < -0.4 is 5.56 Å². The average Bonchev–Trinajstić information content (AvgIpc) is 3.22. The van der Waals surface area contributed by atoms with Crippen molar-refractivity contribution in [2.24, 2.45) is 0 Å². The van der Waals surface area contributed by atoms with Crippen molar-refractivity contribution in [3.63, 3.8) is 0 Å². The maximum atomic E-state index is 12.5. The number of hydrogen-bond donors (Lipinski definition) is 2. The van der Waals surface area contributed by atoms with E-state index in [1.807, 2.05) is 19.1 Å². The Labute approximate surface area is 174 Å². The standard InChI is InChI=1S/C20H20N4O3S2/c1-4-27-19(26)16-11(3)15-17(25)23-14(24-18(15)29-16)7-8-28-20-21-12-6-5-10(2)9-13(12)22-20/h5-6,9H,4,7-8H2,1-3H3,(H,21,22)(H,23,24,25). The summed E-state index contributed by atoms with van der Waals surface area (Å²) < 4.78 is 5.07. The second kappa shape index (κ2) is 8.00. The lowest BCUT2D eigenvalue weighted by molar-refractivity contribution is 0.0531. The van der Waals surface area contributed by atoms with Gasteiger partial charge in [-0.3, -0.25) is 4.79 Å². The number of esters is 1. The number of rotatable bonds is 6. The second-order valence-corrected chi connectivity index (χ2v) is 8.71. The zero-order valence-corrected chi connectivity index (χ0v) is 17.9. The third kappa shape index (κ3) is 3.92. The van der Waals surface area contributed by atoms with Gasteiger partial charge in [0.2, 0.25) is 0 Å². The largest absolute Gasteiger partial charge is 0.462 e. The van der Waals surface area contributed by atoms with Gasteiger partial charge >= 0.3 is 5.97 Å². The number of aryl methyl sites for hydroxylation is 3.